The third-order valence-corrected chi connectivity index (χ3v) is 10.4. The second-order valence-electron chi connectivity index (χ2n) is 13.0. The Bertz CT molecular complexity index is 656. The quantitative estimate of drug-likeness (QED) is 0.527. The molecule has 0 bridgehead atoms. The summed E-state index contributed by atoms with van der Waals surface area (Å²) in [5.41, 5.74) is 1.37. The van der Waals surface area contributed by atoms with Crippen LogP contribution in [-0.2, 0) is 0 Å². The molecule has 3 fully saturated rings. The zero-order valence-electron chi connectivity index (χ0n) is 19.9. The Morgan fingerprint density at radius 1 is 1.07 bits per heavy atom. The molecule has 4 aliphatic carbocycles. The van der Waals surface area contributed by atoms with E-state index in [1.54, 1.807) is 5.57 Å². The van der Waals surface area contributed by atoms with Gasteiger partial charge in [0.05, 0.1) is 11.2 Å². The minimum Gasteiger partial charge on any atom is -0.390 e. The average molecular weight is 403 g/mol. The summed E-state index contributed by atoms with van der Waals surface area (Å²) in [6, 6.07) is 0. The molecule has 0 amide bonds. The van der Waals surface area contributed by atoms with E-state index in [-0.39, 0.29) is 0 Å². The molecular weight excluding hydrogens is 356 g/mol. The fourth-order valence-corrected chi connectivity index (χ4v) is 8.56. The van der Waals surface area contributed by atoms with Crippen molar-refractivity contribution >= 4 is 0 Å². The van der Waals surface area contributed by atoms with Crippen LogP contribution in [0.1, 0.15) is 106 Å². The van der Waals surface area contributed by atoms with Crippen LogP contribution >= 0.6 is 0 Å². The van der Waals surface area contributed by atoms with Crippen LogP contribution in [0.5, 0.6) is 0 Å². The van der Waals surface area contributed by atoms with Gasteiger partial charge in [-0.2, -0.15) is 0 Å². The summed E-state index contributed by atoms with van der Waals surface area (Å²) in [6.07, 6.45) is 14.5. The monoisotopic (exact) mass is 402 g/mol. The lowest BCUT2D eigenvalue weighted by Crippen LogP contribution is -2.52. The van der Waals surface area contributed by atoms with E-state index in [0.717, 1.165) is 49.4 Å². The third kappa shape index (κ3) is 3.75. The molecule has 4 unspecified atom stereocenters. The maximum Gasteiger partial charge on any atom is 0.0657 e. The molecule has 0 spiro atoms. The van der Waals surface area contributed by atoms with Crippen LogP contribution in [0.15, 0.2) is 11.6 Å². The maximum absolute atomic E-state index is 10.7. The van der Waals surface area contributed by atoms with Gasteiger partial charge in [0.25, 0.3) is 0 Å². The third-order valence-electron chi connectivity index (χ3n) is 10.4. The van der Waals surface area contributed by atoms with Crippen molar-refractivity contribution in [3.63, 3.8) is 0 Å². The van der Waals surface area contributed by atoms with Crippen LogP contribution in [0, 0.1) is 40.4 Å². The summed E-state index contributed by atoms with van der Waals surface area (Å²) in [5.74, 6) is 4.07. The smallest absolute Gasteiger partial charge is 0.0657 e. The van der Waals surface area contributed by atoms with Crippen molar-refractivity contribution < 1.29 is 10.2 Å². The summed E-state index contributed by atoms with van der Waals surface area (Å²) in [4.78, 5) is 0. The normalized spacial score (nSPS) is 48.3. The van der Waals surface area contributed by atoms with Gasteiger partial charge in [0.1, 0.15) is 0 Å². The molecule has 3 saturated carbocycles. The molecule has 0 aliphatic heterocycles. The van der Waals surface area contributed by atoms with Gasteiger partial charge in [0.2, 0.25) is 0 Å². The summed E-state index contributed by atoms with van der Waals surface area (Å²) in [6.45, 7) is 13.6. The minimum absolute atomic E-state index is 0.330. The van der Waals surface area contributed by atoms with Crippen molar-refractivity contribution in [2.45, 2.75) is 117 Å². The molecule has 0 aromatic heterocycles. The highest BCUT2D eigenvalue weighted by Gasteiger charge is 2.59. The molecule has 4 aliphatic rings. The Hall–Kier alpha value is -0.340. The van der Waals surface area contributed by atoms with Gasteiger partial charge in [-0.25, -0.2) is 0 Å². The molecule has 0 heterocycles. The Kier molecular flexibility index (Phi) is 5.35. The summed E-state index contributed by atoms with van der Waals surface area (Å²) in [5, 5.41) is 20.9. The van der Waals surface area contributed by atoms with Gasteiger partial charge in [0, 0.05) is 0 Å². The second-order valence-corrected chi connectivity index (χ2v) is 13.0. The molecule has 0 radical (unpaired) electrons. The highest BCUT2D eigenvalue weighted by Crippen LogP contribution is 2.67. The first-order valence-corrected chi connectivity index (χ1v) is 12.5. The fraction of sp³-hybridized carbons (Fsp3) is 0.926. The van der Waals surface area contributed by atoms with E-state index in [4.69, 9.17) is 0 Å². The van der Waals surface area contributed by atoms with Crippen molar-refractivity contribution in [1.29, 1.82) is 0 Å². The lowest BCUT2D eigenvalue weighted by Gasteiger charge is -2.59. The molecule has 2 N–H and O–H groups in total. The predicted molar refractivity (Wildman–Crippen MR) is 121 cm³/mol. The van der Waals surface area contributed by atoms with Crippen LogP contribution in [0.3, 0.4) is 0 Å². The average Bonchev–Trinajstić information content (AvgIpc) is 2.97. The van der Waals surface area contributed by atoms with Gasteiger partial charge in [-0.3, -0.25) is 0 Å². The van der Waals surface area contributed by atoms with E-state index in [9.17, 15) is 10.2 Å². The van der Waals surface area contributed by atoms with Gasteiger partial charge >= 0.3 is 0 Å². The van der Waals surface area contributed by atoms with E-state index >= 15 is 0 Å². The number of hydrogen-bond donors (Lipinski definition) is 2. The second kappa shape index (κ2) is 7.09. The predicted octanol–water partition coefficient (Wildman–Crippen LogP) is 6.50. The summed E-state index contributed by atoms with van der Waals surface area (Å²) in [7, 11) is 0. The molecule has 0 saturated heterocycles. The maximum atomic E-state index is 10.7. The molecule has 0 aromatic rings. The Morgan fingerprint density at radius 2 is 1.79 bits per heavy atom. The molecule has 29 heavy (non-hydrogen) atoms. The highest BCUT2D eigenvalue weighted by molar-refractivity contribution is 5.26. The minimum atomic E-state index is -0.536. The van der Waals surface area contributed by atoms with Crippen LogP contribution in [0.4, 0.5) is 0 Å². The first-order chi connectivity index (χ1) is 13.4. The highest BCUT2D eigenvalue weighted by atomic mass is 16.3. The van der Waals surface area contributed by atoms with Crippen molar-refractivity contribution in [1.82, 2.24) is 0 Å². The molecule has 8 atom stereocenters. The first kappa shape index (κ1) is 21.9. The number of hydrogen-bond acceptors (Lipinski definition) is 2. The number of aliphatic hydroxyl groups is 2. The molecular formula is C27H46O2. The zero-order valence-corrected chi connectivity index (χ0v) is 19.9. The molecule has 0 aromatic carbocycles. The Balaban J connectivity index is 1.53. The summed E-state index contributed by atoms with van der Waals surface area (Å²) >= 11 is 0. The lowest BCUT2D eigenvalue weighted by atomic mass is 9.46. The van der Waals surface area contributed by atoms with Crippen molar-refractivity contribution in [2.24, 2.45) is 40.4 Å². The van der Waals surface area contributed by atoms with Crippen molar-refractivity contribution in [3.05, 3.63) is 11.6 Å². The zero-order chi connectivity index (χ0) is 21.2. The molecule has 166 valence electrons. The lowest BCUT2D eigenvalue weighted by molar-refractivity contribution is -0.0713. The Labute approximate surface area is 179 Å². The topological polar surface area (TPSA) is 40.5 Å². The van der Waals surface area contributed by atoms with Crippen LogP contribution in [0.2, 0.25) is 0 Å². The van der Waals surface area contributed by atoms with E-state index < -0.39 is 11.2 Å². The molecule has 4 rings (SSSR count). The number of rotatable bonds is 4. The van der Waals surface area contributed by atoms with Crippen molar-refractivity contribution in [2.75, 3.05) is 0 Å². The van der Waals surface area contributed by atoms with Gasteiger partial charge in [-0.05, 0) is 125 Å². The van der Waals surface area contributed by atoms with Gasteiger partial charge < -0.3 is 10.2 Å². The summed E-state index contributed by atoms with van der Waals surface area (Å²) < 4.78 is 0. The first-order valence-electron chi connectivity index (χ1n) is 12.5. The van der Waals surface area contributed by atoms with E-state index in [1.807, 2.05) is 20.8 Å². The number of fused-ring (bicyclic) bond motifs is 5. The van der Waals surface area contributed by atoms with Crippen LogP contribution in [0.25, 0.3) is 0 Å². The van der Waals surface area contributed by atoms with E-state index in [0.29, 0.717) is 16.7 Å². The van der Waals surface area contributed by atoms with Crippen LogP contribution < -0.4 is 0 Å². The molecule has 2 nitrogen and oxygen atoms in total. The Morgan fingerprint density at radius 3 is 2.48 bits per heavy atom. The van der Waals surface area contributed by atoms with E-state index in [2.05, 4.69) is 26.8 Å². The van der Waals surface area contributed by atoms with Crippen LogP contribution in [-0.4, -0.2) is 21.4 Å². The SMILES string of the molecule is C[C@H](CCC(C)(C)O)C1CCC2C3CC=C4C[C@@](C)(O)CC[C@]4(C)C3CC[C@@]21C. The van der Waals surface area contributed by atoms with Crippen molar-refractivity contribution in [3.8, 4) is 0 Å². The van der Waals surface area contributed by atoms with Gasteiger partial charge in [-0.1, -0.05) is 32.4 Å². The van der Waals surface area contributed by atoms with Gasteiger partial charge in [0.15, 0.2) is 0 Å². The molecule has 2 heteroatoms. The van der Waals surface area contributed by atoms with E-state index in [1.165, 1.54) is 38.5 Å². The standard InChI is InChI=1S/C27H46O2/c1-18(11-13-24(2,3)28)21-9-10-22-20-8-7-19-17-25(4,29)15-16-26(19,5)23(20)12-14-27(21,22)6/h7,18,20-23,28-29H,8-17H2,1-6H3/t18-,20?,21?,22?,23?,25+,26+,27-/m1/s1. The fourth-order valence-electron chi connectivity index (χ4n) is 8.56. The largest absolute Gasteiger partial charge is 0.390 e. The number of allylic oxidation sites excluding steroid dienone is 1. The van der Waals surface area contributed by atoms with Gasteiger partial charge in [-0.15, -0.1) is 0 Å².